The van der Waals surface area contributed by atoms with E-state index in [-0.39, 0.29) is 18.0 Å². The van der Waals surface area contributed by atoms with Gasteiger partial charge in [0.2, 0.25) is 0 Å². The summed E-state index contributed by atoms with van der Waals surface area (Å²) in [4.78, 5) is 13.0. The highest BCUT2D eigenvalue weighted by molar-refractivity contribution is 7.98. The predicted octanol–water partition coefficient (Wildman–Crippen LogP) is 4.20. The van der Waals surface area contributed by atoms with Crippen LogP contribution in [0.4, 0.5) is 4.39 Å². The molecule has 2 aromatic rings. The number of ketones is 1. The van der Waals surface area contributed by atoms with Gasteiger partial charge in [0.05, 0.1) is 6.61 Å². The van der Waals surface area contributed by atoms with Gasteiger partial charge in [0.25, 0.3) is 0 Å². The molecule has 0 aliphatic heterocycles. The largest absolute Gasteiger partial charge is 0.493 e. The summed E-state index contributed by atoms with van der Waals surface area (Å²) < 4.78 is 18.3. The molecule has 20 heavy (non-hydrogen) atoms. The second kappa shape index (κ2) is 7.10. The van der Waals surface area contributed by atoms with Crippen LogP contribution in [0.15, 0.2) is 53.4 Å². The van der Waals surface area contributed by atoms with Gasteiger partial charge >= 0.3 is 0 Å². The maximum Gasteiger partial charge on any atom is 0.166 e. The summed E-state index contributed by atoms with van der Waals surface area (Å²) in [5, 5.41) is 0. The molecule has 104 valence electrons. The van der Waals surface area contributed by atoms with Gasteiger partial charge in [0.15, 0.2) is 5.78 Å². The van der Waals surface area contributed by atoms with Crippen LogP contribution in [0.1, 0.15) is 16.8 Å². The van der Waals surface area contributed by atoms with Crippen molar-refractivity contribution in [3.8, 4) is 5.75 Å². The Hall–Kier alpha value is -1.81. The summed E-state index contributed by atoms with van der Waals surface area (Å²) in [6, 6.07) is 13.3. The van der Waals surface area contributed by atoms with E-state index in [2.05, 4.69) is 0 Å². The number of thioether (sulfide) groups is 1. The molecule has 2 rings (SSSR count). The Kier molecular flexibility index (Phi) is 5.18. The Balaban J connectivity index is 1.82. The maximum atomic E-state index is 12.7. The van der Waals surface area contributed by atoms with Crippen molar-refractivity contribution in [2.75, 3.05) is 12.9 Å². The number of ether oxygens (including phenoxy) is 1. The lowest BCUT2D eigenvalue weighted by Gasteiger charge is -2.06. The Morgan fingerprint density at radius 2 is 1.75 bits per heavy atom. The first-order valence-corrected chi connectivity index (χ1v) is 7.47. The first-order valence-electron chi connectivity index (χ1n) is 6.24. The lowest BCUT2D eigenvalue weighted by Crippen LogP contribution is -2.06. The van der Waals surface area contributed by atoms with Gasteiger partial charge in [-0.15, -0.1) is 11.8 Å². The van der Waals surface area contributed by atoms with Crippen molar-refractivity contribution < 1.29 is 13.9 Å². The third-order valence-electron chi connectivity index (χ3n) is 2.82. The van der Waals surface area contributed by atoms with Crippen LogP contribution >= 0.6 is 11.8 Å². The molecule has 0 atom stereocenters. The van der Waals surface area contributed by atoms with Gasteiger partial charge in [0, 0.05) is 16.9 Å². The molecule has 2 nitrogen and oxygen atoms in total. The fourth-order valence-electron chi connectivity index (χ4n) is 1.71. The van der Waals surface area contributed by atoms with Gasteiger partial charge in [-0.1, -0.05) is 0 Å². The van der Waals surface area contributed by atoms with E-state index in [1.807, 2.05) is 30.5 Å². The molecular formula is C16H15FO2S. The van der Waals surface area contributed by atoms with Gasteiger partial charge in [-0.05, 0) is 54.8 Å². The molecule has 0 aromatic heterocycles. The molecule has 0 amide bonds. The molecule has 0 spiro atoms. The third-order valence-corrected chi connectivity index (χ3v) is 3.57. The lowest BCUT2D eigenvalue weighted by molar-refractivity contribution is 0.0962. The Bertz CT molecular complexity index is 564. The molecular weight excluding hydrogens is 275 g/mol. The summed E-state index contributed by atoms with van der Waals surface area (Å²) >= 11 is 1.66. The summed E-state index contributed by atoms with van der Waals surface area (Å²) in [6.07, 6.45) is 2.28. The van der Waals surface area contributed by atoms with Gasteiger partial charge in [-0.3, -0.25) is 4.79 Å². The summed E-state index contributed by atoms with van der Waals surface area (Å²) in [6.45, 7) is 0.314. The monoisotopic (exact) mass is 290 g/mol. The maximum absolute atomic E-state index is 12.7. The number of rotatable bonds is 6. The molecule has 0 aliphatic carbocycles. The van der Waals surface area contributed by atoms with Gasteiger partial charge in [-0.2, -0.15) is 0 Å². The Labute approximate surface area is 122 Å². The van der Waals surface area contributed by atoms with E-state index in [1.54, 1.807) is 11.8 Å². The number of halogens is 1. The minimum atomic E-state index is -0.341. The summed E-state index contributed by atoms with van der Waals surface area (Å²) in [5.41, 5.74) is 0.507. The van der Waals surface area contributed by atoms with Crippen molar-refractivity contribution >= 4 is 17.5 Å². The number of hydrogen-bond donors (Lipinski definition) is 0. The zero-order valence-electron chi connectivity index (χ0n) is 11.1. The van der Waals surface area contributed by atoms with Gasteiger partial charge in [0.1, 0.15) is 11.6 Å². The Morgan fingerprint density at radius 1 is 1.10 bits per heavy atom. The number of carbonyl (C=O) groups is 1. The molecule has 4 heteroatoms. The van der Waals surface area contributed by atoms with Crippen LogP contribution in [-0.4, -0.2) is 18.6 Å². The molecule has 0 radical (unpaired) electrons. The van der Waals surface area contributed by atoms with E-state index < -0.39 is 0 Å². The molecule has 0 aliphatic rings. The smallest absolute Gasteiger partial charge is 0.166 e. The van der Waals surface area contributed by atoms with Crippen molar-refractivity contribution in [2.45, 2.75) is 11.3 Å². The quantitative estimate of drug-likeness (QED) is 0.589. The van der Waals surface area contributed by atoms with Gasteiger partial charge in [-0.25, -0.2) is 4.39 Å². The summed E-state index contributed by atoms with van der Waals surface area (Å²) in [5.74, 6) is 0.354. The normalized spacial score (nSPS) is 10.3. The summed E-state index contributed by atoms with van der Waals surface area (Å²) in [7, 11) is 0. The average Bonchev–Trinajstić information content (AvgIpc) is 2.48. The van der Waals surface area contributed by atoms with Crippen LogP contribution in [0.25, 0.3) is 0 Å². The lowest BCUT2D eigenvalue weighted by atomic mass is 10.1. The van der Waals surface area contributed by atoms with Crippen LogP contribution in [0.2, 0.25) is 0 Å². The molecule has 0 N–H and O–H groups in total. The minimum absolute atomic E-state index is 0.0502. The van der Waals surface area contributed by atoms with Crippen molar-refractivity contribution in [3.63, 3.8) is 0 Å². The topological polar surface area (TPSA) is 26.3 Å². The SMILES string of the molecule is CSc1ccc(OCCC(=O)c2ccc(F)cc2)cc1. The molecule has 0 saturated carbocycles. The van der Waals surface area contributed by atoms with Crippen LogP contribution in [0, 0.1) is 5.82 Å². The molecule has 2 aromatic carbocycles. The number of carbonyl (C=O) groups excluding carboxylic acids is 1. The standard InChI is InChI=1S/C16H15FO2S/c1-20-15-8-6-14(7-9-15)19-11-10-16(18)12-2-4-13(17)5-3-12/h2-9H,10-11H2,1H3. The van der Waals surface area contributed by atoms with E-state index in [1.165, 1.54) is 29.2 Å². The van der Waals surface area contributed by atoms with Crippen LogP contribution in [-0.2, 0) is 0 Å². The van der Waals surface area contributed by atoms with Crippen molar-refractivity contribution in [2.24, 2.45) is 0 Å². The van der Waals surface area contributed by atoms with Crippen LogP contribution in [0.3, 0.4) is 0 Å². The number of benzene rings is 2. The fraction of sp³-hybridized carbons (Fsp3) is 0.188. The predicted molar refractivity (Wildman–Crippen MR) is 79.1 cm³/mol. The molecule has 0 unspecified atom stereocenters. The second-order valence-electron chi connectivity index (χ2n) is 4.20. The van der Waals surface area contributed by atoms with E-state index in [9.17, 15) is 9.18 Å². The Morgan fingerprint density at radius 3 is 2.35 bits per heavy atom. The van der Waals surface area contributed by atoms with Gasteiger partial charge < -0.3 is 4.74 Å². The van der Waals surface area contributed by atoms with E-state index in [0.717, 1.165) is 5.75 Å². The highest BCUT2D eigenvalue weighted by Crippen LogP contribution is 2.19. The molecule has 0 heterocycles. The van der Waals surface area contributed by atoms with Crippen molar-refractivity contribution in [1.82, 2.24) is 0 Å². The first kappa shape index (κ1) is 14.6. The van der Waals surface area contributed by atoms with Crippen LogP contribution < -0.4 is 4.74 Å². The van der Waals surface area contributed by atoms with E-state index >= 15 is 0 Å². The molecule has 0 fully saturated rings. The van der Waals surface area contributed by atoms with Crippen molar-refractivity contribution in [1.29, 1.82) is 0 Å². The fourth-order valence-corrected chi connectivity index (χ4v) is 2.12. The highest BCUT2D eigenvalue weighted by atomic mass is 32.2. The second-order valence-corrected chi connectivity index (χ2v) is 5.08. The molecule has 0 bridgehead atoms. The number of Topliss-reactive ketones (excluding diaryl/α,β-unsaturated/α-hetero) is 1. The van der Waals surface area contributed by atoms with Crippen molar-refractivity contribution in [3.05, 3.63) is 59.9 Å². The zero-order valence-corrected chi connectivity index (χ0v) is 12.0. The number of hydrogen-bond acceptors (Lipinski definition) is 3. The third kappa shape index (κ3) is 4.10. The van der Waals surface area contributed by atoms with E-state index in [0.29, 0.717) is 12.2 Å². The minimum Gasteiger partial charge on any atom is -0.493 e. The molecule has 0 saturated heterocycles. The zero-order chi connectivity index (χ0) is 14.4. The first-order chi connectivity index (χ1) is 9.69. The highest BCUT2D eigenvalue weighted by Gasteiger charge is 2.06. The average molecular weight is 290 g/mol. The van der Waals surface area contributed by atoms with E-state index in [4.69, 9.17) is 4.74 Å². The van der Waals surface area contributed by atoms with Crippen LogP contribution in [0.5, 0.6) is 5.75 Å².